The van der Waals surface area contributed by atoms with Crippen molar-refractivity contribution < 1.29 is 0 Å². The SMILES string of the molecule is [B][B].c1ccc(-c2ccc(-c3nc4ccccc4n3-c3ccc(-n4c5ccccc5c5cc(-c6ccc7c(c6)c6ccccc6n7-c6ccccc6)ccc54)cc3)cc2)cc1. The monoisotopic (exact) mass is 774 g/mol. The Morgan fingerprint density at radius 3 is 1.25 bits per heavy atom. The first-order chi connectivity index (χ1) is 30.3. The molecule has 282 valence electrons. The number of imidazole rings is 1. The van der Waals surface area contributed by atoms with Crippen LogP contribution >= 0.6 is 0 Å². The zero-order valence-electron chi connectivity index (χ0n) is 33.2. The molecule has 0 aliphatic carbocycles. The normalized spacial score (nSPS) is 11.4. The molecule has 12 rings (SSSR count). The average Bonchev–Trinajstić information content (AvgIpc) is 4.01. The molecule has 3 heterocycles. The van der Waals surface area contributed by atoms with Crippen molar-refractivity contribution in [2.45, 2.75) is 0 Å². The molecule has 12 aromatic rings. The van der Waals surface area contributed by atoms with E-state index >= 15 is 0 Å². The molecule has 0 bridgehead atoms. The highest BCUT2D eigenvalue weighted by Crippen LogP contribution is 2.39. The second-order valence-electron chi connectivity index (χ2n) is 15.2. The molecule has 4 nitrogen and oxygen atoms in total. The Hall–Kier alpha value is -7.82. The smallest absolute Gasteiger partial charge is 0.145 e. The van der Waals surface area contributed by atoms with E-state index < -0.39 is 0 Å². The lowest BCUT2D eigenvalue weighted by atomic mass is 9.81. The number of fused-ring (bicyclic) bond motifs is 7. The average molecular weight is 775 g/mol. The summed E-state index contributed by atoms with van der Waals surface area (Å²) < 4.78 is 7.04. The van der Waals surface area contributed by atoms with Gasteiger partial charge in [0.05, 0.1) is 33.1 Å². The third kappa shape index (κ3) is 6.07. The van der Waals surface area contributed by atoms with E-state index in [0.29, 0.717) is 0 Å². The van der Waals surface area contributed by atoms with Gasteiger partial charge in [-0.25, -0.2) is 4.98 Å². The zero-order chi connectivity index (χ0) is 40.9. The lowest BCUT2D eigenvalue weighted by Gasteiger charge is -2.13. The summed E-state index contributed by atoms with van der Waals surface area (Å²) in [6.45, 7) is 0. The third-order valence-electron chi connectivity index (χ3n) is 11.9. The van der Waals surface area contributed by atoms with Crippen LogP contribution in [0.1, 0.15) is 0 Å². The number of hydrogen-bond acceptors (Lipinski definition) is 1. The Balaban J connectivity index is 0.00000207. The molecule has 61 heavy (non-hydrogen) atoms. The van der Waals surface area contributed by atoms with E-state index in [2.05, 4.69) is 248 Å². The molecule has 9 aromatic carbocycles. The van der Waals surface area contributed by atoms with Crippen LogP contribution in [0.15, 0.2) is 218 Å². The van der Waals surface area contributed by atoms with Gasteiger partial charge in [-0.15, -0.1) is 0 Å². The molecule has 0 unspecified atom stereocenters. The fourth-order valence-electron chi connectivity index (χ4n) is 9.11. The minimum Gasteiger partial charge on any atom is -0.309 e. The van der Waals surface area contributed by atoms with Gasteiger partial charge < -0.3 is 9.13 Å². The zero-order valence-corrected chi connectivity index (χ0v) is 33.2. The van der Waals surface area contributed by atoms with Gasteiger partial charge in [-0.2, -0.15) is 0 Å². The molecule has 3 aromatic heterocycles. The summed E-state index contributed by atoms with van der Waals surface area (Å²) in [5.74, 6) is 0.922. The molecule has 0 saturated carbocycles. The highest BCUT2D eigenvalue weighted by molar-refractivity contribution is 6.75. The van der Waals surface area contributed by atoms with Crippen LogP contribution in [0.25, 0.3) is 105 Å². The minimum atomic E-state index is 0.922. The standard InChI is InChI=1S/C55H36N4.B2/c1-3-13-37(14-4-1)38-23-25-39(26-24-38)55-56-49-19-9-12-22-54(49)59(55)44-31-29-43(30-32-44)58-51-21-11-8-18-46(51)48-36-41(28-34-53(48)58)40-27-33-52-47(35-40)45-17-7-10-20-50(45)57(52)42-15-5-2-6-16-42;1-2/h1-36H;. The van der Waals surface area contributed by atoms with Gasteiger partial charge in [0.1, 0.15) is 5.82 Å². The maximum atomic E-state index is 5.15. The molecule has 6 heteroatoms. The number of hydrogen-bond donors (Lipinski definition) is 0. The molecule has 0 saturated heterocycles. The van der Waals surface area contributed by atoms with Crippen LogP contribution in [0.5, 0.6) is 0 Å². The lowest BCUT2D eigenvalue weighted by Crippen LogP contribution is -1.99. The Kier molecular flexibility index (Phi) is 8.97. The van der Waals surface area contributed by atoms with Gasteiger partial charge >= 0.3 is 0 Å². The largest absolute Gasteiger partial charge is 0.309 e. The minimum absolute atomic E-state index is 0.922. The molecule has 0 aliphatic rings. The highest BCUT2D eigenvalue weighted by atomic mass is 15.1. The number of benzene rings is 9. The van der Waals surface area contributed by atoms with Gasteiger partial charge in [-0.3, -0.25) is 4.57 Å². The van der Waals surface area contributed by atoms with E-state index in [4.69, 9.17) is 4.98 Å². The van der Waals surface area contributed by atoms with E-state index in [1.165, 1.54) is 71.6 Å². The Morgan fingerprint density at radius 1 is 0.279 bits per heavy atom. The molecule has 0 N–H and O–H groups in total. The predicted octanol–water partition coefficient (Wildman–Crippen LogP) is 13.5. The van der Waals surface area contributed by atoms with Crippen molar-refractivity contribution in [1.82, 2.24) is 18.7 Å². The topological polar surface area (TPSA) is 27.7 Å². The van der Waals surface area contributed by atoms with E-state index in [9.17, 15) is 0 Å². The fourth-order valence-corrected chi connectivity index (χ4v) is 9.11. The van der Waals surface area contributed by atoms with Crippen LogP contribution in [0.2, 0.25) is 0 Å². The molecular formula is C55H36B2N4. The summed E-state index contributed by atoms with van der Waals surface area (Å²) in [7, 11) is 8.00. The molecule has 0 fully saturated rings. The molecule has 4 radical (unpaired) electrons. The summed E-state index contributed by atoms with van der Waals surface area (Å²) in [5, 5.41) is 4.97. The Labute approximate surface area is 356 Å². The highest BCUT2D eigenvalue weighted by Gasteiger charge is 2.18. The van der Waals surface area contributed by atoms with E-state index in [1.54, 1.807) is 0 Å². The van der Waals surface area contributed by atoms with Crippen LogP contribution in [0, 0.1) is 0 Å². The first-order valence-electron chi connectivity index (χ1n) is 20.5. The summed E-state index contributed by atoms with van der Waals surface area (Å²) in [6.07, 6.45) is 0. The number of para-hydroxylation sites is 5. The van der Waals surface area contributed by atoms with Gasteiger partial charge in [0, 0.05) is 59.6 Å². The van der Waals surface area contributed by atoms with Gasteiger partial charge in [-0.1, -0.05) is 133 Å². The van der Waals surface area contributed by atoms with Crippen molar-refractivity contribution in [1.29, 1.82) is 0 Å². The second-order valence-corrected chi connectivity index (χ2v) is 15.2. The number of rotatable bonds is 6. The summed E-state index contributed by atoms with van der Waals surface area (Å²) in [6, 6.07) is 78.5. The van der Waals surface area contributed by atoms with Crippen LogP contribution in [0.3, 0.4) is 0 Å². The van der Waals surface area contributed by atoms with Crippen molar-refractivity contribution in [3.05, 3.63) is 218 Å². The van der Waals surface area contributed by atoms with Crippen molar-refractivity contribution in [3.8, 4) is 50.7 Å². The fraction of sp³-hybridized carbons (Fsp3) is 0. The van der Waals surface area contributed by atoms with E-state index in [0.717, 1.165) is 33.8 Å². The molecule has 0 spiro atoms. The van der Waals surface area contributed by atoms with Crippen LogP contribution in [-0.4, -0.2) is 34.2 Å². The first kappa shape index (κ1) is 36.3. The van der Waals surface area contributed by atoms with Crippen molar-refractivity contribution >= 4 is 70.1 Å². The van der Waals surface area contributed by atoms with Crippen molar-refractivity contribution in [3.63, 3.8) is 0 Å². The van der Waals surface area contributed by atoms with Gasteiger partial charge in [0.15, 0.2) is 0 Å². The third-order valence-corrected chi connectivity index (χ3v) is 11.9. The Bertz CT molecular complexity index is 3530. The lowest BCUT2D eigenvalue weighted by molar-refractivity contribution is 1.09. The second kappa shape index (κ2) is 15.1. The van der Waals surface area contributed by atoms with Crippen LogP contribution in [-0.2, 0) is 0 Å². The predicted molar refractivity (Wildman–Crippen MR) is 258 cm³/mol. The first-order valence-corrected chi connectivity index (χ1v) is 20.5. The summed E-state index contributed by atoms with van der Waals surface area (Å²) in [4.78, 5) is 5.15. The summed E-state index contributed by atoms with van der Waals surface area (Å²) >= 11 is 0. The van der Waals surface area contributed by atoms with Gasteiger partial charge in [0.2, 0.25) is 0 Å². The van der Waals surface area contributed by atoms with Crippen LogP contribution in [0.4, 0.5) is 0 Å². The van der Waals surface area contributed by atoms with Gasteiger partial charge in [-0.05, 0) is 107 Å². The molecule has 0 amide bonds. The number of aromatic nitrogens is 4. The maximum absolute atomic E-state index is 5.15. The molecule has 0 atom stereocenters. The molecular weight excluding hydrogens is 738 g/mol. The summed E-state index contributed by atoms with van der Waals surface area (Å²) in [5.41, 5.74) is 16.0. The van der Waals surface area contributed by atoms with Crippen molar-refractivity contribution in [2.24, 2.45) is 0 Å². The number of nitrogens with zero attached hydrogens (tertiary/aromatic N) is 4. The quantitative estimate of drug-likeness (QED) is 0.155. The Morgan fingerprint density at radius 2 is 0.672 bits per heavy atom. The maximum Gasteiger partial charge on any atom is 0.145 e. The van der Waals surface area contributed by atoms with E-state index in [1.807, 2.05) is 0 Å². The van der Waals surface area contributed by atoms with E-state index in [-0.39, 0.29) is 0 Å². The van der Waals surface area contributed by atoms with Gasteiger partial charge in [0.25, 0.3) is 0 Å². The van der Waals surface area contributed by atoms with Crippen molar-refractivity contribution in [2.75, 3.05) is 0 Å². The van der Waals surface area contributed by atoms with Crippen LogP contribution < -0.4 is 0 Å². The molecule has 0 aliphatic heterocycles.